The Kier molecular flexibility index (Phi) is 4.27. The topological polar surface area (TPSA) is 70.0 Å². The van der Waals surface area contributed by atoms with E-state index in [1.165, 1.54) is 7.11 Å². The molecule has 1 heterocycles. The first-order chi connectivity index (χ1) is 9.08. The summed E-state index contributed by atoms with van der Waals surface area (Å²) in [6, 6.07) is 5.36. The number of benzene rings is 1. The Morgan fingerprint density at radius 2 is 2.32 bits per heavy atom. The van der Waals surface area contributed by atoms with Crippen molar-refractivity contribution in [3.05, 3.63) is 23.8 Å². The highest BCUT2D eigenvalue weighted by Gasteiger charge is 2.24. The molecule has 0 spiro atoms. The third kappa shape index (κ3) is 3.61. The molecule has 1 aliphatic heterocycles. The van der Waals surface area contributed by atoms with Crippen molar-refractivity contribution in [2.45, 2.75) is 19.4 Å². The van der Waals surface area contributed by atoms with E-state index in [1.807, 2.05) is 6.07 Å². The Hall–Kier alpha value is -1.75. The van der Waals surface area contributed by atoms with Crippen LogP contribution < -0.4 is 4.74 Å². The Bertz CT molecular complexity index is 461. The summed E-state index contributed by atoms with van der Waals surface area (Å²) < 4.78 is 5.00. The Morgan fingerprint density at radius 1 is 1.53 bits per heavy atom. The fraction of sp³-hybridized carbons (Fsp3) is 0.500. The zero-order chi connectivity index (χ0) is 13.8. The molecular weight excluding hydrogens is 246 g/mol. The van der Waals surface area contributed by atoms with Gasteiger partial charge in [-0.05, 0) is 36.6 Å². The van der Waals surface area contributed by atoms with Crippen molar-refractivity contribution >= 4 is 5.97 Å². The van der Waals surface area contributed by atoms with Gasteiger partial charge >= 0.3 is 5.97 Å². The molecule has 5 nitrogen and oxygen atoms in total. The molecule has 1 aliphatic rings. The summed E-state index contributed by atoms with van der Waals surface area (Å²) in [5.74, 6) is 0.119. The predicted molar refractivity (Wildman–Crippen MR) is 70.3 cm³/mol. The van der Waals surface area contributed by atoms with Gasteiger partial charge in [-0.2, -0.15) is 0 Å². The van der Waals surface area contributed by atoms with Gasteiger partial charge < -0.3 is 14.9 Å². The van der Waals surface area contributed by atoms with Gasteiger partial charge in [0.1, 0.15) is 0 Å². The zero-order valence-corrected chi connectivity index (χ0v) is 11.0. The predicted octanol–water partition coefficient (Wildman–Crippen LogP) is 1.70. The second-order valence-corrected chi connectivity index (χ2v) is 4.99. The van der Waals surface area contributed by atoms with Crippen LogP contribution in [-0.2, 0) is 11.3 Å². The first kappa shape index (κ1) is 13.7. The number of aromatic hydroxyl groups is 1. The normalized spacial score (nSPS) is 19.5. The number of nitrogens with zero attached hydrogens (tertiary/aromatic N) is 1. The number of carboxylic acids is 1. The van der Waals surface area contributed by atoms with Gasteiger partial charge in [0.15, 0.2) is 11.5 Å². The van der Waals surface area contributed by atoms with Crippen LogP contribution in [0.5, 0.6) is 11.5 Å². The summed E-state index contributed by atoms with van der Waals surface area (Å²) in [5, 5.41) is 18.5. The third-order valence-electron chi connectivity index (χ3n) is 3.48. The first-order valence-corrected chi connectivity index (χ1v) is 6.38. The van der Waals surface area contributed by atoms with Crippen molar-refractivity contribution in [3.63, 3.8) is 0 Å². The average Bonchev–Trinajstić information content (AvgIpc) is 2.76. The molecule has 0 aromatic heterocycles. The van der Waals surface area contributed by atoms with Crippen molar-refractivity contribution < 1.29 is 19.7 Å². The average molecular weight is 265 g/mol. The molecule has 2 rings (SSSR count). The molecule has 1 aromatic carbocycles. The van der Waals surface area contributed by atoms with Crippen LogP contribution in [0, 0.1) is 5.92 Å². The van der Waals surface area contributed by atoms with E-state index in [-0.39, 0.29) is 18.1 Å². The summed E-state index contributed by atoms with van der Waals surface area (Å²) in [5.41, 5.74) is 1.01. The Morgan fingerprint density at radius 3 is 2.95 bits per heavy atom. The molecule has 1 aromatic rings. The van der Waals surface area contributed by atoms with Crippen LogP contribution in [0.1, 0.15) is 18.4 Å². The van der Waals surface area contributed by atoms with E-state index in [9.17, 15) is 9.90 Å². The molecule has 1 saturated heterocycles. The number of phenolic OH excluding ortho intramolecular Hbond substituents is 1. The molecule has 2 N–H and O–H groups in total. The minimum atomic E-state index is -0.728. The van der Waals surface area contributed by atoms with E-state index in [4.69, 9.17) is 9.84 Å². The summed E-state index contributed by atoms with van der Waals surface area (Å²) >= 11 is 0. The number of hydrogen-bond donors (Lipinski definition) is 2. The van der Waals surface area contributed by atoms with E-state index >= 15 is 0 Å². The quantitative estimate of drug-likeness (QED) is 0.848. The van der Waals surface area contributed by atoms with E-state index < -0.39 is 5.97 Å². The number of hydrogen-bond acceptors (Lipinski definition) is 4. The molecular formula is C14H19NO4. The van der Waals surface area contributed by atoms with E-state index in [0.717, 1.165) is 31.6 Å². The van der Waals surface area contributed by atoms with Gasteiger partial charge in [0.2, 0.25) is 0 Å². The Labute approximate surface area is 112 Å². The Balaban J connectivity index is 1.92. The monoisotopic (exact) mass is 265 g/mol. The van der Waals surface area contributed by atoms with E-state index in [0.29, 0.717) is 5.75 Å². The van der Waals surface area contributed by atoms with Crippen LogP contribution in [0.15, 0.2) is 18.2 Å². The molecule has 0 radical (unpaired) electrons. The lowest BCUT2D eigenvalue weighted by molar-refractivity contribution is -0.138. The number of phenols is 1. The highest BCUT2D eigenvalue weighted by atomic mass is 16.5. The highest BCUT2D eigenvalue weighted by molar-refractivity contribution is 5.67. The maximum atomic E-state index is 10.7. The van der Waals surface area contributed by atoms with Gasteiger partial charge in [-0.1, -0.05) is 6.07 Å². The van der Waals surface area contributed by atoms with Crippen molar-refractivity contribution in [2.75, 3.05) is 20.2 Å². The lowest BCUT2D eigenvalue weighted by Gasteiger charge is -2.16. The maximum absolute atomic E-state index is 10.7. The second kappa shape index (κ2) is 5.93. The minimum Gasteiger partial charge on any atom is -0.504 e. The number of ether oxygens (including phenoxy) is 1. The maximum Gasteiger partial charge on any atom is 0.303 e. The number of rotatable bonds is 5. The largest absolute Gasteiger partial charge is 0.504 e. The molecule has 1 atom stereocenters. The number of carboxylic acid groups (broad SMARTS) is 1. The van der Waals surface area contributed by atoms with Crippen LogP contribution in [-0.4, -0.2) is 41.3 Å². The molecule has 19 heavy (non-hydrogen) atoms. The third-order valence-corrected chi connectivity index (χ3v) is 3.48. The molecule has 0 saturated carbocycles. The first-order valence-electron chi connectivity index (χ1n) is 6.38. The molecule has 0 bridgehead atoms. The van der Waals surface area contributed by atoms with Crippen LogP contribution in [0.3, 0.4) is 0 Å². The smallest absolute Gasteiger partial charge is 0.303 e. The lowest BCUT2D eigenvalue weighted by Crippen LogP contribution is -2.20. The number of aliphatic carboxylic acids is 1. The van der Waals surface area contributed by atoms with Gasteiger partial charge in [-0.15, -0.1) is 0 Å². The summed E-state index contributed by atoms with van der Waals surface area (Å²) in [4.78, 5) is 12.9. The van der Waals surface area contributed by atoms with Gasteiger partial charge in [0.05, 0.1) is 7.11 Å². The van der Waals surface area contributed by atoms with Crippen molar-refractivity contribution in [1.29, 1.82) is 0 Å². The number of likely N-dealkylation sites (tertiary alicyclic amines) is 1. The summed E-state index contributed by atoms with van der Waals surface area (Å²) in [7, 11) is 1.52. The van der Waals surface area contributed by atoms with Crippen molar-refractivity contribution in [3.8, 4) is 11.5 Å². The SMILES string of the molecule is COc1ccc(CN2CCC(CC(=O)O)C2)cc1O. The lowest BCUT2D eigenvalue weighted by atomic mass is 10.1. The minimum absolute atomic E-state index is 0.140. The van der Waals surface area contributed by atoms with Crippen LogP contribution in [0.2, 0.25) is 0 Å². The van der Waals surface area contributed by atoms with Gasteiger partial charge in [0.25, 0.3) is 0 Å². The fourth-order valence-electron chi connectivity index (χ4n) is 2.56. The summed E-state index contributed by atoms with van der Waals surface area (Å²) in [6.07, 6.45) is 1.17. The molecule has 0 amide bonds. The van der Waals surface area contributed by atoms with Crippen molar-refractivity contribution in [1.82, 2.24) is 4.90 Å². The highest BCUT2D eigenvalue weighted by Crippen LogP contribution is 2.28. The van der Waals surface area contributed by atoms with Crippen molar-refractivity contribution in [2.24, 2.45) is 5.92 Å². The van der Waals surface area contributed by atoms with Crippen LogP contribution >= 0.6 is 0 Å². The molecule has 104 valence electrons. The fourth-order valence-corrected chi connectivity index (χ4v) is 2.56. The van der Waals surface area contributed by atoms with E-state index in [1.54, 1.807) is 12.1 Å². The zero-order valence-electron chi connectivity index (χ0n) is 11.0. The van der Waals surface area contributed by atoms with Gasteiger partial charge in [-0.25, -0.2) is 0 Å². The van der Waals surface area contributed by atoms with Gasteiger partial charge in [-0.3, -0.25) is 9.69 Å². The number of methoxy groups -OCH3 is 1. The van der Waals surface area contributed by atoms with Gasteiger partial charge in [0, 0.05) is 19.5 Å². The molecule has 1 unspecified atom stereocenters. The second-order valence-electron chi connectivity index (χ2n) is 4.99. The van der Waals surface area contributed by atoms with Crippen LogP contribution in [0.25, 0.3) is 0 Å². The summed E-state index contributed by atoms with van der Waals surface area (Å²) in [6.45, 7) is 2.44. The molecule has 5 heteroatoms. The molecule has 0 aliphatic carbocycles. The van der Waals surface area contributed by atoms with E-state index in [2.05, 4.69) is 4.90 Å². The molecule has 1 fully saturated rings. The van der Waals surface area contributed by atoms with Crippen LogP contribution in [0.4, 0.5) is 0 Å². The standard InChI is InChI=1S/C14H19NO4/c1-19-13-3-2-10(6-12(13)16)8-15-5-4-11(9-15)7-14(17)18/h2-3,6,11,16H,4-5,7-9H2,1H3,(H,17,18). The number of carbonyl (C=O) groups is 1.